The molecule has 0 bridgehead atoms. The highest BCUT2D eigenvalue weighted by atomic mass is 16.3. The van der Waals surface area contributed by atoms with Crippen molar-refractivity contribution in [2.45, 2.75) is 71.4 Å². The van der Waals surface area contributed by atoms with E-state index in [4.69, 9.17) is 9.97 Å². The molecule has 6 nitrogen and oxygen atoms in total. The van der Waals surface area contributed by atoms with E-state index in [1.807, 2.05) is 39.8 Å². The van der Waals surface area contributed by atoms with Crippen molar-refractivity contribution in [1.82, 2.24) is 15.3 Å². The Hall–Kier alpha value is -3.15. The van der Waals surface area contributed by atoms with Crippen molar-refractivity contribution in [3.05, 3.63) is 48.0 Å². The van der Waals surface area contributed by atoms with Crippen LogP contribution in [0.15, 0.2) is 42.5 Å². The Morgan fingerprint density at radius 3 is 2.54 bits per heavy atom. The number of hydrogen-bond acceptors (Lipinski definition) is 5. The number of phenolic OH excluding ortho intramolecular Hbond substituents is 1. The highest BCUT2D eigenvalue weighted by Gasteiger charge is 2.41. The smallest absolute Gasteiger partial charge is 0.243 e. The number of phenols is 1. The predicted molar refractivity (Wildman–Crippen MR) is 140 cm³/mol. The molecule has 0 radical (unpaired) electrons. The molecule has 2 aromatic carbocycles. The third-order valence-corrected chi connectivity index (χ3v) is 7.45. The van der Waals surface area contributed by atoms with Gasteiger partial charge in [-0.15, -0.1) is 0 Å². The van der Waals surface area contributed by atoms with E-state index in [-0.39, 0.29) is 23.2 Å². The summed E-state index contributed by atoms with van der Waals surface area (Å²) in [4.78, 5) is 25.7. The van der Waals surface area contributed by atoms with Gasteiger partial charge in [0, 0.05) is 17.5 Å². The number of rotatable bonds is 3. The second-order valence-electron chi connectivity index (χ2n) is 11.4. The number of nitrogens with zero attached hydrogens (tertiary/aromatic N) is 3. The van der Waals surface area contributed by atoms with Gasteiger partial charge in [0.2, 0.25) is 5.91 Å². The molecule has 2 N–H and O–H groups in total. The van der Waals surface area contributed by atoms with Gasteiger partial charge in [-0.3, -0.25) is 4.79 Å². The third-order valence-electron chi connectivity index (χ3n) is 7.45. The van der Waals surface area contributed by atoms with Crippen molar-refractivity contribution < 1.29 is 9.90 Å². The van der Waals surface area contributed by atoms with Crippen molar-refractivity contribution in [3.8, 4) is 17.1 Å². The molecular formula is C29H36N4O2. The number of benzene rings is 2. The zero-order valence-electron chi connectivity index (χ0n) is 21.2. The van der Waals surface area contributed by atoms with E-state index in [1.165, 1.54) is 25.7 Å². The van der Waals surface area contributed by atoms with Gasteiger partial charge in [-0.1, -0.05) is 37.5 Å². The number of aromatic hydroxyl groups is 1. The number of carbonyl (C=O) groups is 1. The average molecular weight is 473 g/mol. The summed E-state index contributed by atoms with van der Waals surface area (Å²) in [5.74, 6) is 2.61. The third kappa shape index (κ3) is 4.84. The molecule has 1 aliphatic carbocycles. The lowest BCUT2D eigenvalue weighted by molar-refractivity contribution is -0.125. The topological polar surface area (TPSA) is 78.4 Å². The minimum Gasteiger partial charge on any atom is -0.507 e. The standard InChI is InChI=1S/C29H36N4O2/c1-18-13-14-21-23(15-18)30-26(22-11-7-8-12-25(22)34)31-27(21)33-17-20-10-6-5-9-19(20)16-24(33)28(35)32-29(2,3)4/h7-8,11-15,19-20,24,34H,5-6,9-10,16-17H2,1-4H3,(H,32,35)/t19-,20+,24-/m0/s1. The zero-order chi connectivity index (χ0) is 24.7. The fourth-order valence-electron chi connectivity index (χ4n) is 5.79. The molecule has 1 saturated carbocycles. The molecule has 2 heterocycles. The van der Waals surface area contributed by atoms with Gasteiger partial charge in [0.1, 0.15) is 17.6 Å². The summed E-state index contributed by atoms with van der Waals surface area (Å²) in [5.41, 5.74) is 2.23. The van der Waals surface area contributed by atoms with Crippen molar-refractivity contribution >= 4 is 22.6 Å². The molecule has 5 rings (SSSR count). The molecule has 0 unspecified atom stereocenters. The first-order valence-electron chi connectivity index (χ1n) is 12.8. The lowest BCUT2D eigenvalue weighted by Crippen LogP contribution is -2.58. The quantitative estimate of drug-likeness (QED) is 0.518. The Labute approximate surface area is 207 Å². The zero-order valence-corrected chi connectivity index (χ0v) is 21.2. The summed E-state index contributed by atoms with van der Waals surface area (Å²) < 4.78 is 0. The number of hydrogen-bond donors (Lipinski definition) is 2. The monoisotopic (exact) mass is 472 g/mol. The highest BCUT2D eigenvalue weighted by molar-refractivity contribution is 5.95. The van der Waals surface area contributed by atoms with Crippen LogP contribution in [0.4, 0.5) is 5.82 Å². The van der Waals surface area contributed by atoms with E-state index in [1.54, 1.807) is 12.1 Å². The first-order chi connectivity index (χ1) is 16.7. The molecule has 3 atom stereocenters. The number of anilines is 1. The van der Waals surface area contributed by atoms with Crippen LogP contribution in [-0.2, 0) is 4.79 Å². The second-order valence-corrected chi connectivity index (χ2v) is 11.4. The lowest BCUT2D eigenvalue weighted by atomic mass is 9.72. The number of carbonyl (C=O) groups excluding carboxylic acids is 1. The van der Waals surface area contributed by atoms with Crippen molar-refractivity contribution in [2.75, 3.05) is 11.4 Å². The molecule has 0 spiro atoms. The normalized spacial score (nSPS) is 22.6. The first-order valence-corrected chi connectivity index (χ1v) is 12.8. The molecule has 1 aromatic heterocycles. The predicted octanol–water partition coefficient (Wildman–Crippen LogP) is 5.61. The molecular weight excluding hydrogens is 436 g/mol. The van der Waals surface area contributed by atoms with E-state index in [0.29, 0.717) is 23.2 Å². The van der Waals surface area contributed by atoms with Gasteiger partial charge in [-0.2, -0.15) is 0 Å². The summed E-state index contributed by atoms with van der Waals surface area (Å²) in [6.07, 6.45) is 5.74. The summed E-state index contributed by atoms with van der Waals surface area (Å²) in [6, 6.07) is 13.1. The van der Waals surface area contributed by atoms with Gasteiger partial charge in [0.05, 0.1) is 11.1 Å². The fourth-order valence-corrected chi connectivity index (χ4v) is 5.79. The van der Waals surface area contributed by atoms with Gasteiger partial charge in [-0.05, 0) is 82.2 Å². The number of para-hydroxylation sites is 1. The number of aryl methyl sites for hydroxylation is 1. The SMILES string of the molecule is Cc1ccc2c(N3C[C@H]4CCCC[C@H]4C[C@H]3C(=O)NC(C)(C)C)nc(-c3ccccc3O)nc2c1. The van der Waals surface area contributed by atoms with Crippen LogP contribution in [-0.4, -0.2) is 39.1 Å². The summed E-state index contributed by atoms with van der Waals surface area (Å²) >= 11 is 0. The number of amides is 1. The van der Waals surface area contributed by atoms with E-state index >= 15 is 0 Å². The minimum absolute atomic E-state index is 0.0597. The number of aromatic nitrogens is 2. The first kappa shape index (κ1) is 23.6. The van der Waals surface area contributed by atoms with Crippen molar-refractivity contribution in [2.24, 2.45) is 11.8 Å². The highest BCUT2D eigenvalue weighted by Crippen LogP contribution is 2.42. The van der Waals surface area contributed by atoms with E-state index in [0.717, 1.165) is 35.2 Å². The van der Waals surface area contributed by atoms with Gasteiger partial charge in [0.25, 0.3) is 0 Å². The van der Waals surface area contributed by atoms with Gasteiger partial charge in [0.15, 0.2) is 5.82 Å². The van der Waals surface area contributed by atoms with Crippen molar-refractivity contribution in [1.29, 1.82) is 0 Å². The number of nitrogens with one attached hydrogen (secondary N) is 1. The maximum Gasteiger partial charge on any atom is 0.243 e. The number of fused-ring (bicyclic) bond motifs is 2. The van der Waals surface area contributed by atoms with E-state index < -0.39 is 0 Å². The molecule has 1 saturated heterocycles. The van der Waals surface area contributed by atoms with Crippen LogP contribution in [0, 0.1) is 18.8 Å². The van der Waals surface area contributed by atoms with Crippen LogP contribution in [0.25, 0.3) is 22.3 Å². The molecule has 2 aliphatic rings. The fraction of sp³-hybridized carbons (Fsp3) is 0.483. The minimum atomic E-state index is -0.308. The van der Waals surface area contributed by atoms with E-state index in [9.17, 15) is 9.90 Å². The van der Waals surface area contributed by atoms with Crippen LogP contribution in [0.2, 0.25) is 0 Å². The summed E-state index contributed by atoms with van der Waals surface area (Å²) in [5, 5.41) is 14.7. The van der Waals surface area contributed by atoms with Gasteiger partial charge in [-0.25, -0.2) is 9.97 Å². The maximum absolute atomic E-state index is 13.6. The molecule has 6 heteroatoms. The Bertz CT molecular complexity index is 1250. The van der Waals surface area contributed by atoms with E-state index in [2.05, 4.69) is 28.4 Å². The molecule has 2 fully saturated rings. The van der Waals surface area contributed by atoms with Gasteiger partial charge >= 0.3 is 0 Å². The molecule has 35 heavy (non-hydrogen) atoms. The van der Waals surface area contributed by atoms with Crippen molar-refractivity contribution in [3.63, 3.8) is 0 Å². The number of piperidine rings is 1. The van der Waals surface area contributed by atoms with Crippen LogP contribution in [0.5, 0.6) is 5.75 Å². The Morgan fingerprint density at radius 2 is 1.80 bits per heavy atom. The lowest BCUT2D eigenvalue weighted by Gasteiger charge is -2.46. The van der Waals surface area contributed by atoms with Crippen LogP contribution in [0.1, 0.15) is 58.4 Å². The summed E-state index contributed by atoms with van der Waals surface area (Å²) in [7, 11) is 0. The van der Waals surface area contributed by atoms with Crippen LogP contribution < -0.4 is 10.2 Å². The van der Waals surface area contributed by atoms with Crippen LogP contribution >= 0.6 is 0 Å². The average Bonchev–Trinajstić information content (AvgIpc) is 2.81. The Kier molecular flexibility index (Phi) is 6.16. The second kappa shape index (κ2) is 9.14. The maximum atomic E-state index is 13.6. The Morgan fingerprint density at radius 1 is 1.06 bits per heavy atom. The summed E-state index contributed by atoms with van der Waals surface area (Å²) in [6.45, 7) is 8.95. The van der Waals surface area contributed by atoms with Gasteiger partial charge < -0.3 is 15.3 Å². The Balaban J connectivity index is 1.66. The van der Waals surface area contributed by atoms with Crippen LogP contribution in [0.3, 0.4) is 0 Å². The molecule has 1 aliphatic heterocycles. The molecule has 1 amide bonds. The molecule has 184 valence electrons. The largest absolute Gasteiger partial charge is 0.507 e. The molecule has 3 aromatic rings.